The zero-order valence-corrected chi connectivity index (χ0v) is 11.4. The van der Waals surface area contributed by atoms with Gasteiger partial charge in [0.15, 0.2) is 12.1 Å². The maximum Gasteiger partial charge on any atom is 0.434 e. The molecule has 1 aromatic heterocycles. The van der Waals surface area contributed by atoms with E-state index in [4.69, 9.17) is 9.84 Å². The largest absolute Gasteiger partial charge is 0.483 e. The fraction of sp³-hybridized carbons (Fsp3) is 0.417. The summed E-state index contributed by atoms with van der Waals surface area (Å²) < 4.78 is 69.1. The Bertz CT molecular complexity index is 599. The van der Waals surface area contributed by atoms with E-state index in [2.05, 4.69) is 9.98 Å². The number of nitrogens with zero attached hydrogens (tertiary/aromatic N) is 2. The Labute approximate surface area is 121 Å². The monoisotopic (exact) mass is 326 g/mol. The van der Waals surface area contributed by atoms with E-state index in [1.165, 1.54) is 0 Å². The lowest BCUT2D eigenvalue weighted by Crippen LogP contribution is -2.18. The minimum absolute atomic E-state index is 0.145. The Hall–Kier alpha value is -2.26. The minimum atomic E-state index is -5.19. The van der Waals surface area contributed by atoms with Gasteiger partial charge in [0.1, 0.15) is 5.69 Å². The fourth-order valence-corrected chi connectivity index (χ4v) is 1.66. The molecule has 5 nitrogen and oxygen atoms in total. The van der Waals surface area contributed by atoms with Crippen LogP contribution in [0.3, 0.4) is 0 Å². The van der Waals surface area contributed by atoms with Gasteiger partial charge in [-0.1, -0.05) is 0 Å². The van der Waals surface area contributed by atoms with Crippen LogP contribution in [0, 0.1) is 6.92 Å². The molecule has 0 saturated carbocycles. The lowest BCUT2D eigenvalue weighted by Gasteiger charge is -2.16. The van der Waals surface area contributed by atoms with Gasteiger partial charge in [0.05, 0.1) is 17.9 Å². The Balaban J connectivity index is 3.70. The number of aromatic nitrogens is 1. The molecule has 0 atom stereocenters. The molecule has 0 aromatic carbocycles. The van der Waals surface area contributed by atoms with Crippen molar-refractivity contribution < 1.29 is 36.6 Å². The van der Waals surface area contributed by atoms with E-state index in [0.29, 0.717) is 0 Å². The van der Waals surface area contributed by atoms with Crippen molar-refractivity contribution in [2.75, 3.05) is 6.61 Å². The molecular weight excluding hydrogens is 315 g/mol. The van der Waals surface area contributed by atoms with E-state index in [1.807, 2.05) is 0 Å². The van der Waals surface area contributed by atoms with Crippen molar-refractivity contribution in [2.45, 2.75) is 26.4 Å². The van der Waals surface area contributed by atoms with Crippen LogP contribution in [0.4, 0.5) is 27.6 Å². The van der Waals surface area contributed by atoms with Gasteiger partial charge in [-0.15, -0.1) is 0 Å². The van der Waals surface area contributed by atoms with E-state index in [0.717, 1.165) is 13.3 Å². The zero-order valence-electron chi connectivity index (χ0n) is 11.4. The van der Waals surface area contributed by atoms with E-state index in [9.17, 15) is 26.7 Å². The van der Waals surface area contributed by atoms with Crippen LogP contribution in [0.1, 0.15) is 40.7 Å². The quantitative estimate of drug-likeness (QED) is 0.508. The molecule has 1 aromatic rings. The number of halogens is 5. The second-order valence-corrected chi connectivity index (χ2v) is 3.99. The SMILES string of the molecule is CCOC=Nc1c(C(F)F)nc(C(F)(F)F)c(C(=O)O)c1C. The van der Waals surface area contributed by atoms with Crippen LogP contribution in [0.25, 0.3) is 0 Å². The van der Waals surface area contributed by atoms with Crippen LogP contribution in [-0.2, 0) is 10.9 Å². The summed E-state index contributed by atoms with van der Waals surface area (Å²) in [5.74, 6) is -1.94. The van der Waals surface area contributed by atoms with E-state index in [-0.39, 0.29) is 6.61 Å². The summed E-state index contributed by atoms with van der Waals surface area (Å²) in [5.41, 5.74) is -5.59. The van der Waals surface area contributed by atoms with Gasteiger partial charge in [0.25, 0.3) is 6.43 Å². The first-order chi connectivity index (χ1) is 10.1. The molecule has 1 rings (SSSR count). The minimum Gasteiger partial charge on any atom is -0.483 e. The number of aliphatic imine (C=N–C) groups is 1. The van der Waals surface area contributed by atoms with Crippen molar-refractivity contribution in [2.24, 2.45) is 4.99 Å². The number of rotatable bonds is 5. The molecule has 0 spiro atoms. The highest BCUT2D eigenvalue weighted by molar-refractivity contribution is 5.93. The number of alkyl halides is 5. The lowest BCUT2D eigenvalue weighted by atomic mass is 10.0. The Morgan fingerprint density at radius 3 is 2.45 bits per heavy atom. The van der Waals surface area contributed by atoms with Crippen LogP contribution in [-0.4, -0.2) is 29.1 Å². The highest BCUT2D eigenvalue weighted by Crippen LogP contribution is 2.39. The highest BCUT2D eigenvalue weighted by atomic mass is 19.4. The van der Waals surface area contributed by atoms with Crippen molar-refractivity contribution in [3.05, 3.63) is 22.5 Å². The first-order valence-corrected chi connectivity index (χ1v) is 5.88. The average Bonchev–Trinajstić information content (AvgIpc) is 2.38. The summed E-state index contributed by atoms with van der Waals surface area (Å²) in [5, 5.41) is 8.92. The second kappa shape index (κ2) is 6.67. The molecule has 0 fully saturated rings. The van der Waals surface area contributed by atoms with Crippen molar-refractivity contribution in [1.82, 2.24) is 4.98 Å². The van der Waals surface area contributed by atoms with Crippen LogP contribution >= 0.6 is 0 Å². The molecule has 0 saturated heterocycles. The normalized spacial score (nSPS) is 12.2. The third-order valence-electron chi connectivity index (χ3n) is 2.55. The molecule has 1 N–H and O–H groups in total. The number of carboxylic acid groups (broad SMARTS) is 1. The molecule has 0 aliphatic rings. The number of aromatic carboxylic acids is 1. The molecule has 10 heteroatoms. The van der Waals surface area contributed by atoms with Gasteiger partial charge in [0.2, 0.25) is 0 Å². The summed E-state index contributed by atoms with van der Waals surface area (Å²) in [6.45, 7) is 2.66. The van der Waals surface area contributed by atoms with Crippen LogP contribution in [0.2, 0.25) is 0 Å². The maximum atomic E-state index is 12.9. The Morgan fingerprint density at radius 2 is 2.05 bits per heavy atom. The van der Waals surface area contributed by atoms with Crippen molar-refractivity contribution in [1.29, 1.82) is 0 Å². The van der Waals surface area contributed by atoms with Crippen molar-refractivity contribution in [3.8, 4) is 0 Å². The van der Waals surface area contributed by atoms with E-state index in [1.54, 1.807) is 6.92 Å². The van der Waals surface area contributed by atoms with Gasteiger partial charge in [-0.2, -0.15) is 13.2 Å². The number of hydrogen-bond acceptors (Lipinski definition) is 4. The Kier molecular flexibility index (Phi) is 5.39. The van der Waals surface area contributed by atoms with Crippen molar-refractivity contribution in [3.63, 3.8) is 0 Å². The standard InChI is InChI=1S/C12H11F5N2O3/c1-3-22-4-18-7-5(2)6(11(20)21)9(12(15,16)17)19-8(7)10(13)14/h4,10H,3H2,1-2H3,(H,20,21). The van der Waals surface area contributed by atoms with E-state index >= 15 is 0 Å². The summed E-state index contributed by atoms with van der Waals surface area (Å²) in [6, 6.07) is 0. The van der Waals surface area contributed by atoms with E-state index < -0.39 is 46.8 Å². The molecule has 0 aliphatic heterocycles. The van der Waals surface area contributed by atoms with Gasteiger partial charge in [0, 0.05) is 0 Å². The third kappa shape index (κ3) is 3.68. The summed E-state index contributed by atoms with van der Waals surface area (Å²) in [4.78, 5) is 17.3. The topological polar surface area (TPSA) is 71.8 Å². The van der Waals surface area contributed by atoms with Crippen molar-refractivity contribution >= 4 is 18.1 Å². The number of carboxylic acids is 1. The molecule has 0 radical (unpaired) electrons. The van der Waals surface area contributed by atoms with Gasteiger partial charge in [-0.05, 0) is 19.4 Å². The number of hydrogen-bond donors (Lipinski definition) is 1. The zero-order chi connectivity index (χ0) is 17.1. The van der Waals surface area contributed by atoms with Crippen LogP contribution in [0.15, 0.2) is 4.99 Å². The molecular formula is C12H11F5N2O3. The second-order valence-electron chi connectivity index (χ2n) is 3.99. The van der Waals surface area contributed by atoms with Gasteiger partial charge < -0.3 is 9.84 Å². The maximum absolute atomic E-state index is 12.9. The third-order valence-corrected chi connectivity index (χ3v) is 2.55. The lowest BCUT2D eigenvalue weighted by molar-refractivity contribution is -0.142. The molecule has 0 unspecified atom stereocenters. The molecule has 1 heterocycles. The number of carbonyl (C=O) groups is 1. The molecule has 0 bridgehead atoms. The first kappa shape index (κ1) is 17.8. The fourth-order valence-electron chi connectivity index (χ4n) is 1.66. The molecule has 0 aliphatic carbocycles. The Morgan fingerprint density at radius 1 is 1.45 bits per heavy atom. The van der Waals surface area contributed by atoms with Crippen LogP contribution < -0.4 is 0 Å². The smallest absolute Gasteiger partial charge is 0.434 e. The predicted octanol–water partition coefficient (Wildman–Crippen LogP) is 3.74. The molecule has 122 valence electrons. The van der Waals surface area contributed by atoms with Gasteiger partial charge in [-0.3, -0.25) is 0 Å². The summed E-state index contributed by atoms with van der Waals surface area (Å²) >= 11 is 0. The average molecular weight is 326 g/mol. The number of pyridine rings is 1. The summed E-state index contributed by atoms with van der Waals surface area (Å²) in [6.07, 6.45) is -7.81. The molecule has 22 heavy (non-hydrogen) atoms. The number of ether oxygens (including phenoxy) is 1. The predicted molar refractivity (Wildman–Crippen MR) is 65.7 cm³/mol. The van der Waals surface area contributed by atoms with Gasteiger partial charge >= 0.3 is 12.1 Å². The molecule has 0 amide bonds. The first-order valence-electron chi connectivity index (χ1n) is 5.88. The summed E-state index contributed by atoms with van der Waals surface area (Å²) in [7, 11) is 0. The van der Waals surface area contributed by atoms with Gasteiger partial charge in [-0.25, -0.2) is 23.6 Å². The highest BCUT2D eigenvalue weighted by Gasteiger charge is 2.40. The van der Waals surface area contributed by atoms with Crippen LogP contribution in [0.5, 0.6) is 0 Å².